The molecule has 2 aliphatic rings. The number of hydrogen-bond acceptors (Lipinski definition) is 5. The maximum atomic E-state index is 13.2. The maximum Gasteiger partial charge on any atom is 0.261 e. The van der Waals surface area contributed by atoms with E-state index in [-0.39, 0.29) is 10.8 Å². The van der Waals surface area contributed by atoms with E-state index in [4.69, 9.17) is 0 Å². The van der Waals surface area contributed by atoms with Gasteiger partial charge in [0, 0.05) is 23.8 Å². The third-order valence-corrected chi connectivity index (χ3v) is 7.84. The first-order valence-corrected chi connectivity index (χ1v) is 12.2. The number of amides is 1. The van der Waals surface area contributed by atoms with Gasteiger partial charge in [-0.2, -0.15) is 15.4 Å². The standard InChI is InChI=1S/C22H25N5O3S/c28-22(27-12-4-9-21(27)15-5-1-2-6-15)16-7-3-8-17(13-16)25-31(29,30)18-10-11-19-20(14-18)24-26-23-19/h3,7-8,10-11,13-15,21,25H,1-2,4-6,9,12H2,(H,23,24,26). The average Bonchev–Trinajstić information content (AvgIpc) is 3.53. The lowest BCUT2D eigenvalue weighted by molar-refractivity contribution is 0.0689. The van der Waals surface area contributed by atoms with Crippen molar-refractivity contribution in [3.8, 4) is 0 Å². The molecule has 2 aromatic carbocycles. The van der Waals surface area contributed by atoms with Crippen molar-refractivity contribution in [2.45, 2.75) is 49.5 Å². The monoisotopic (exact) mass is 439 g/mol. The fraction of sp³-hybridized carbons (Fsp3) is 0.409. The molecule has 2 heterocycles. The minimum absolute atomic E-state index is 0.0144. The molecule has 1 aromatic heterocycles. The zero-order chi connectivity index (χ0) is 21.4. The van der Waals surface area contributed by atoms with E-state index in [1.807, 2.05) is 4.90 Å². The van der Waals surface area contributed by atoms with Gasteiger partial charge in [-0.1, -0.05) is 18.9 Å². The zero-order valence-corrected chi connectivity index (χ0v) is 17.9. The van der Waals surface area contributed by atoms with E-state index in [0.717, 1.165) is 19.4 Å². The molecular formula is C22H25N5O3S. The first kappa shape index (κ1) is 20.0. The van der Waals surface area contributed by atoms with Gasteiger partial charge in [-0.3, -0.25) is 9.52 Å². The molecule has 8 nitrogen and oxygen atoms in total. The summed E-state index contributed by atoms with van der Waals surface area (Å²) in [5, 5.41) is 10.4. The molecule has 1 atom stereocenters. The largest absolute Gasteiger partial charge is 0.335 e. The molecule has 9 heteroatoms. The van der Waals surface area contributed by atoms with Crippen LogP contribution in [0.2, 0.25) is 0 Å². The summed E-state index contributed by atoms with van der Waals surface area (Å²) in [4.78, 5) is 15.3. The summed E-state index contributed by atoms with van der Waals surface area (Å²) in [5.74, 6) is 0.582. The van der Waals surface area contributed by atoms with Crippen LogP contribution in [0.4, 0.5) is 5.69 Å². The third-order valence-electron chi connectivity index (χ3n) is 6.46. The molecule has 3 aromatic rings. The number of sulfonamides is 1. The van der Waals surface area contributed by atoms with Gasteiger partial charge in [-0.15, -0.1) is 0 Å². The van der Waals surface area contributed by atoms with Crippen LogP contribution in [0, 0.1) is 5.92 Å². The van der Waals surface area contributed by atoms with Crippen molar-refractivity contribution >= 4 is 32.7 Å². The van der Waals surface area contributed by atoms with E-state index in [1.54, 1.807) is 30.3 Å². The van der Waals surface area contributed by atoms with Gasteiger partial charge in [0.15, 0.2) is 0 Å². The minimum atomic E-state index is -3.82. The number of carbonyl (C=O) groups excluding carboxylic acids is 1. The molecular weight excluding hydrogens is 414 g/mol. The van der Waals surface area contributed by atoms with E-state index in [0.29, 0.717) is 34.2 Å². The van der Waals surface area contributed by atoms with Crippen molar-refractivity contribution in [1.82, 2.24) is 20.3 Å². The van der Waals surface area contributed by atoms with Crippen LogP contribution in [0.15, 0.2) is 47.4 Å². The summed E-state index contributed by atoms with van der Waals surface area (Å²) >= 11 is 0. The van der Waals surface area contributed by atoms with Gasteiger partial charge in [0.2, 0.25) is 0 Å². The lowest BCUT2D eigenvalue weighted by atomic mass is 9.95. The van der Waals surface area contributed by atoms with E-state index >= 15 is 0 Å². The number of carbonyl (C=O) groups is 1. The Morgan fingerprint density at radius 2 is 1.81 bits per heavy atom. The number of aromatic nitrogens is 3. The molecule has 0 bridgehead atoms. The molecule has 1 amide bonds. The summed E-state index contributed by atoms with van der Waals surface area (Å²) in [6.07, 6.45) is 6.99. The smallest absolute Gasteiger partial charge is 0.261 e. The Kier molecular flexibility index (Phi) is 5.13. The van der Waals surface area contributed by atoms with E-state index in [1.165, 1.54) is 37.8 Å². The van der Waals surface area contributed by atoms with Crippen LogP contribution in [0.25, 0.3) is 11.0 Å². The van der Waals surface area contributed by atoms with E-state index in [2.05, 4.69) is 20.1 Å². The number of H-pyrrole nitrogens is 1. The topological polar surface area (TPSA) is 108 Å². The molecule has 1 saturated carbocycles. The molecule has 0 radical (unpaired) electrons. The second-order valence-electron chi connectivity index (χ2n) is 8.41. The predicted molar refractivity (Wildman–Crippen MR) is 117 cm³/mol. The van der Waals surface area contributed by atoms with Crippen LogP contribution in [0.5, 0.6) is 0 Å². The van der Waals surface area contributed by atoms with Crippen molar-refractivity contribution < 1.29 is 13.2 Å². The summed E-state index contributed by atoms with van der Waals surface area (Å²) in [7, 11) is -3.82. The molecule has 1 saturated heterocycles. The maximum absolute atomic E-state index is 13.2. The number of rotatable bonds is 5. The summed E-state index contributed by atoms with van der Waals surface area (Å²) in [5.41, 5.74) is 1.94. The van der Waals surface area contributed by atoms with Crippen LogP contribution in [0.3, 0.4) is 0 Å². The van der Waals surface area contributed by atoms with Crippen LogP contribution >= 0.6 is 0 Å². The van der Waals surface area contributed by atoms with E-state index < -0.39 is 10.0 Å². The first-order chi connectivity index (χ1) is 15.0. The van der Waals surface area contributed by atoms with Gasteiger partial charge in [0.1, 0.15) is 11.0 Å². The van der Waals surface area contributed by atoms with Crippen LogP contribution in [-0.4, -0.2) is 47.2 Å². The SMILES string of the molecule is O=C(c1cccc(NS(=O)(=O)c2ccc3n[nH]nc3c2)c1)N1CCCC1C1CCCC1. The van der Waals surface area contributed by atoms with Crippen molar-refractivity contribution in [1.29, 1.82) is 0 Å². The van der Waals surface area contributed by atoms with Gasteiger partial charge >= 0.3 is 0 Å². The molecule has 0 spiro atoms. The molecule has 2 N–H and O–H groups in total. The summed E-state index contributed by atoms with van der Waals surface area (Å²) < 4.78 is 28.3. The molecule has 162 valence electrons. The Hall–Kier alpha value is -2.94. The van der Waals surface area contributed by atoms with Crippen molar-refractivity contribution in [3.05, 3.63) is 48.0 Å². The van der Waals surface area contributed by atoms with Crippen LogP contribution in [-0.2, 0) is 10.0 Å². The minimum Gasteiger partial charge on any atom is -0.335 e. The van der Waals surface area contributed by atoms with Gasteiger partial charge in [-0.05, 0) is 68.0 Å². The number of likely N-dealkylation sites (tertiary alicyclic amines) is 1. The molecule has 1 aliphatic heterocycles. The Bertz CT molecular complexity index is 1220. The summed E-state index contributed by atoms with van der Waals surface area (Å²) in [6.45, 7) is 0.771. The van der Waals surface area contributed by atoms with Gasteiger partial charge in [-0.25, -0.2) is 8.42 Å². The second kappa shape index (κ2) is 7.96. The lowest BCUT2D eigenvalue weighted by Gasteiger charge is -2.29. The van der Waals surface area contributed by atoms with Crippen molar-refractivity contribution in [2.75, 3.05) is 11.3 Å². The Labute approximate surface area is 181 Å². The Morgan fingerprint density at radius 1 is 1.00 bits per heavy atom. The fourth-order valence-electron chi connectivity index (χ4n) is 4.96. The highest BCUT2D eigenvalue weighted by Gasteiger charge is 2.36. The summed E-state index contributed by atoms with van der Waals surface area (Å²) in [6, 6.07) is 11.6. The van der Waals surface area contributed by atoms with Gasteiger partial charge in [0.05, 0.1) is 4.90 Å². The number of fused-ring (bicyclic) bond motifs is 1. The van der Waals surface area contributed by atoms with Crippen LogP contribution < -0.4 is 4.72 Å². The molecule has 2 fully saturated rings. The highest BCUT2D eigenvalue weighted by molar-refractivity contribution is 7.92. The highest BCUT2D eigenvalue weighted by Crippen LogP contribution is 2.36. The highest BCUT2D eigenvalue weighted by atomic mass is 32.2. The number of hydrogen-bond donors (Lipinski definition) is 2. The first-order valence-electron chi connectivity index (χ1n) is 10.8. The molecule has 1 unspecified atom stereocenters. The third kappa shape index (κ3) is 3.89. The second-order valence-corrected chi connectivity index (χ2v) is 10.1. The predicted octanol–water partition coefficient (Wildman–Crippen LogP) is 3.55. The van der Waals surface area contributed by atoms with Crippen molar-refractivity contribution in [3.63, 3.8) is 0 Å². The van der Waals surface area contributed by atoms with E-state index in [9.17, 15) is 13.2 Å². The number of benzene rings is 2. The fourth-order valence-corrected chi connectivity index (χ4v) is 6.03. The lowest BCUT2D eigenvalue weighted by Crippen LogP contribution is -2.39. The molecule has 1 aliphatic carbocycles. The van der Waals surface area contributed by atoms with Gasteiger partial charge < -0.3 is 4.90 Å². The number of anilines is 1. The zero-order valence-electron chi connectivity index (χ0n) is 17.1. The number of nitrogens with one attached hydrogen (secondary N) is 2. The quantitative estimate of drug-likeness (QED) is 0.632. The normalized spacial score (nSPS) is 19.9. The number of nitrogens with zero attached hydrogens (tertiary/aromatic N) is 3. The van der Waals surface area contributed by atoms with Crippen molar-refractivity contribution in [2.24, 2.45) is 5.92 Å². The Morgan fingerprint density at radius 3 is 2.65 bits per heavy atom. The molecule has 5 rings (SSSR count). The number of aromatic amines is 1. The van der Waals surface area contributed by atoms with Gasteiger partial charge in [0.25, 0.3) is 15.9 Å². The average molecular weight is 440 g/mol. The molecule has 31 heavy (non-hydrogen) atoms. The Balaban J connectivity index is 1.36. The van der Waals surface area contributed by atoms with Crippen LogP contribution in [0.1, 0.15) is 48.9 Å².